The lowest BCUT2D eigenvalue weighted by molar-refractivity contribution is -0.133. The summed E-state index contributed by atoms with van der Waals surface area (Å²) in [5, 5.41) is 6.56. The minimum atomic E-state index is -0.668. The fraction of sp³-hybridized carbons (Fsp3) is 0.656. The van der Waals surface area contributed by atoms with Crippen LogP contribution in [-0.4, -0.2) is 79.4 Å². The van der Waals surface area contributed by atoms with Crippen molar-refractivity contribution >= 4 is 29.3 Å². The van der Waals surface area contributed by atoms with Crippen LogP contribution in [0, 0.1) is 17.3 Å². The van der Waals surface area contributed by atoms with E-state index in [-0.39, 0.29) is 29.1 Å². The maximum Gasteiger partial charge on any atom is 0.255 e. The Morgan fingerprint density at radius 3 is 2.63 bits per heavy atom. The first-order valence-corrected chi connectivity index (χ1v) is 15.7. The molecule has 3 amide bonds. The average molecular weight is 587 g/mol. The highest BCUT2D eigenvalue weighted by Gasteiger charge is 2.36. The number of benzene rings is 1. The van der Waals surface area contributed by atoms with Crippen molar-refractivity contribution in [3.63, 3.8) is 0 Å². The average Bonchev–Trinajstić information content (AvgIpc) is 3.76. The summed E-state index contributed by atoms with van der Waals surface area (Å²) in [4.78, 5) is 44.1. The molecule has 1 spiro atoms. The smallest absolute Gasteiger partial charge is 0.255 e. The molecule has 2 N–H and O–H groups in total. The van der Waals surface area contributed by atoms with Crippen molar-refractivity contribution in [2.45, 2.75) is 71.8 Å². The number of ether oxygens (including phenoxy) is 1. The molecule has 0 unspecified atom stereocenters. The second-order valence-electron chi connectivity index (χ2n) is 12.6. The number of fused-ring (bicyclic) bond motifs is 1. The van der Waals surface area contributed by atoms with E-state index in [0.29, 0.717) is 48.4 Å². The maximum absolute atomic E-state index is 13.4. The van der Waals surface area contributed by atoms with Crippen LogP contribution in [0.25, 0.3) is 0 Å². The first-order valence-electron chi connectivity index (χ1n) is 15.3. The summed E-state index contributed by atoms with van der Waals surface area (Å²) in [7, 11) is 0. The van der Waals surface area contributed by atoms with Crippen molar-refractivity contribution in [2.75, 3.05) is 45.9 Å². The van der Waals surface area contributed by atoms with Gasteiger partial charge in [0, 0.05) is 24.7 Å². The van der Waals surface area contributed by atoms with Crippen molar-refractivity contribution in [1.82, 2.24) is 20.4 Å². The van der Waals surface area contributed by atoms with E-state index in [9.17, 15) is 14.4 Å². The molecule has 1 aromatic carbocycles. The number of carbonyl (C=O) groups excluding carboxylic acids is 3. The molecular weight excluding hydrogens is 540 g/mol. The van der Waals surface area contributed by atoms with Gasteiger partial charge in [-0.1, -0.05) is 44.5 Å². The summed E-state index contributed by atoms with van der Waals surface area (Å²) in [6.07, 6.45) is 10.6. The van der Waals surface area contributed by atoms with Gasteiger partial charge < -0.3 is 20.3 Å². The van der Waals surface area contributed by atoms with Crippen molar-refractivity contribution < 1.29 is 19.1 Å². The van der Waals surface area contributed by atoms with E-state index in [0.717, 1.165) is 51.9 Å². The number of nitrogens with zero attached hydrogens (tertiary/aromatic N) is 2. The van der Waals surface area contributed by atoms with Crippen LogP contribution in [0.5, 0.6) is 5.75 Å². The van der Waals surface area contributed by atoms with Gasteiger partial charge in [-0.25, -0.2) is 0 Å². The van der Waals surface area contributed by atoms with Gasteiger partial charge in [-0.15, -0.1) is 0 Å². The highest BCUT2D eigenvalue weighted by molar-refractivity contribution is 6.31. The molecule has 9 heteroatoms. The largest absolute Gasteiger partial charge is 0.489 e. The van der Waals surface area contributed by atoms with Gasteiger partial charge in [0.2, 0.25) is 11.8 Å². The molecule has 0 aromatic heterocycles. The lowest BCUT2D eigenvalue weighted by Crippen LogP contribution is -2.52. The lowest BCUT2D eigenvalue weighted by atomic mass is 9.75. The predicted molar refractivity (Wildman–Crippen MR) is 162 cm³/mol. The topological polar surface area (TPSA) is 91.0 Å². The van der Waals surface area contributed by atoms with Gasteiger partial charge in [-0.05, 0) is 93.5 Å². The summed E-state index contributed by atoms with van der Waals surface area (Å²) in [5.74, 6) is 1.02. The molecule has 3 aliphatic rings. The quantitative estimate of drug-likeness (QED) is 0.432. The minimum absolute atomic E-state index is 0.120. The van der Waals surface area contributed by atoms with Gasteiger partial charge in [0.15, 0.2) is 0 Å². The summed E-state index contributed by atoms with van der Waals surface area (Å²) in [6, 6.07) is 4.30. The standard InChI is InChI=1S/C32H47ClN4O4/c1-4-14-37(20-24-7-8-24)29(38)21-36-15-12-32(13-16-36)11-5-6-17-41-28-10-9-25(33)19-26(28)30(39)35-27(18-23(2)3)31(40)34-22-32/h5-6,9-10,19,23-24,27H,4,7-8,11-18,20-22H2,1-3H3,(H,34,40)(H,35,39)/b6-5+/t27-/m0/s1. The fourth-order valence-electron chi connectivity index (χ4n) is 5.81. The summed E-state index contributed by atoms with van der Waals surface area (Å²) in [5.41, 5.74) is 0.197. The minimum Gasteiger partial charge on any atom is -0.489 e. The highest BCUT2D eigenvalue weighted by Crippen LogP contribution is 2.35. The number of halogens is 1. The molecule has 1 saturated carbocycles. The van der Waals surface area contributed by atoms with E-state index in [1.165, 1.54) is 12.8 Å². The molecule has 1 aromatic rings. The van der Waals surface area contributed by atoms with Gasteiger partial charge in [0.1, 0.15) is 18.4 Å². The number of nitrogens with one attached hydrogen (secondary N) is 2. The second-order valence-corrected chi connectivity index (χ2v) is 13.0. The van der Waals surface area contributed by atoms with E-state index in [1.807, 2.05) is 19.9 Å². The van der Waals surface area contributed by atoms with Crippen LogP contribution >= 0.6 is 11.6 Å². The maximum atomic E-state index is 13.4. The van der Waals surface area contributed by atoms with Crippen LogP contribution in [0.2, 0.25) is 5.02 Å². The van der Waals surface area contributed by atoms with Crippen LogP contribution < -0.4 is 15.4 Å². The third-order valence-electron chi connectivity index (χ3n) is 8.50. The van der Waals surface area contributed by atoms with Crippen LogP contribution in [0.1, 0.15) is 76.1 Å². The Labute approximate surface area is 250 Å². The highest BCUT2D eigenvalue weighted by atomic mass is 35.5. The van der Waals surface area contributed by atoms with Gasteiger partial charge in [0.05, 0.1) is 12.1 Å². The molecule has 2 fully saturated rings. The number of likely N-dealkylation sites (tertiary alicyclic amines) is 1. The van der Waals surface area contributed by atoms with Gasteiger partial charge in [-0.2, -0.15) is 0 Å². The SMILES string of the molecule is CCCN(CC1CC1)C(=O)CN1CCC2(C/C=C/COc3ccc(Cl)cc3C(=O)N[C@@H](CC(C)C)C(=O)NC2)CC1. The normalized spacial score (nSPS) is 22.7. The summed E-state index contributed by atoms with van der Waals surface area (Å²) in [6.45, 7) is 10.9. The molecule has 226 valence electrons. The van der Waals surface area contributed by atoms with E-state index >= 15 is 0 Å². The van der Waals surface area contributed by atoms with Gasteiger partial charge in [-0.3, -0.25) is 19.3 Å². The molecule has 1 aliphatic carbocycles. The molecule has 2 heterocycles. The fourth-order valence-corrected chi connectivity index (χ4v) is 5.98. The van der Waals surface area contributed by atoms with Crippen LogP contribution in [-0.2, 0) is 9.59 Å². The molecule has 1 saturated heterocycles. The monoisotopic (exact) mass is 586 g/mol. The van der Waals surface area contributed by atoms with E-state index in [2.05, 4.69) is 33.4 Å². The second kappa shape index (κ2) is 14.5. The third kappa shape index (κ3) is 9.20. The molecule has 41 heavy (non-hydrogen) atoms. The predicted octanol–water partition coefficient (Wildman–Crippen LogP) is 4.67. The Kier molecular flexibility index (Phi) is 11.1. The molecule has 2 aliphatic heterocycles. The van der Waals surface area contributed by atoms with Crippen molar-refractivity contribution in [3.8, 4) is 5.75 Å². The summed E-state index contributed by atoms with van der Waals surface area (Å²) >= 11 is 6.18. The van der Waals surface area contributed by atoms with Crippen LogP contribution in [0.15, 0.2) is 30.4 Å². The van der Waals surface area contributed by atoms with E-state index in [4.69, 9.17) is 16.3 Å². The first-order chi connectivity index (χ1) is 19.7. The van der Waals surface area contributed by atoms with E-state index < -0.39 is 6.04 Å². The van der Waals surface area contributed by atoms with Gasteiger partial charge >= 0.3 is 0 Å². The number of allylic oxidation sites excluding steroid dienone is 1. The Bertz CT molecular complexity index is 1100. The number of carbonyl (C=O) groups is 3. The zero-order valence-electron chi connectivity index (χ0n) is 24.9. The van der Waals surface area contributed by atoms with Crippen LogP contribution in [0.3, 0.4) is 0 Å². The van der Waals surface area contributed by atoms with Crippen molar-refractivity contribution in [1.29, 1.82) is 0 Å². The Hall–Kier alpha value is -2.58. The Morgan fingerprint density at radius 1 is 1.20 bits per heavy atom. The molecular formula is C32H47ClN4O4. The van der Waals surface area contributed by atoms with Crippen molar-refractivity contribution in [2.24, 2.45) is 17.3 Å². The number of hydrogen-bond donors (Lipinski definition) is 2. The third-order valence-corrected chi connectivity index (χ3v) is 8.74. The number of piperidine rings is 1. The summed E-state index contributed by atoms with van der Waals surface area (Å²) < 4.78 is 5.95. The van der Waals surface area contributed by atoms with Crippen LogP contribution in [0.4, 0.5) is 0 Å². The zero-order chi connectivity index (χ0) is 29.4. The number of hydrogen-bond acceptors (Lipinski definition) is 5. The molecule has 0 bridgehead atoms. The lowest BCUT2D eigenvalue weighted by Gasteiger charge is -2.42. The number of rotatable bonds is 8. The Balaban J connectivity index is 1.45. The molecule has 0 radical (unpaired) electrons. The number of amides is 3. The molecule has 8 nitrogen and oxygen atoms in total. The van der Waals surface area contributed by atoms with Crippen molar-refractivity contribution in [3.05, 3.63) is 40.9 Å². The molecule has 1 atom stereocenters. The van der Waals surface area contributed by atoms with Gasteiger partial charge in [0.25, 0.3) is 5.91 Å². The molecule has 4 rings (SSSR count). The zero-order valence-corrected chi connectivity index (χ0v) is 25.7. The first kappa shape index (κ1) is 31.4. The Morgan fingerprint density at radius 2 is 1.95 bits per heavy atom. The van der Waals surface area contributed by atoms with E-state index in [1.54, 1.807) is 18.2 Å².